The highest BCUT2D eigenvalue weighted by Crippen LogP contribution is 2.60. The number of ketones is 1. The van der Waals surface area contributed by atoms with Crippen LogP contribution in [0.25, 0.3) is 0 Å². The molecule has 1 aromatic heterocycles. The van der Waals surface area contributed by atoms with Crippen molar-refractivity contribution in [3.8, 4) is 0 Å². The van der Waals surface area contributed by atoms with Gasteiger partial charge in [0.2, 0.25) is 0 Å². The van der Waals surface area contributed by atoms with E-state index in [2.05, 4.69) is 29.8 Å². The molecule has 4 heteroatoms. The Labute approximate surface area is 164 Å². The van der Waals surface area contributed by atoms with E-state index in [0.717, 1.165) is 24.7 Å². The summed E-state index contributed by atoms with van der Waals surface area (Å²) in [7, 11) is 0. The van der Waals surface area contributed by atoms with Gasteiger partial charge in [-0.1, -0.05) is 27.7 Å². The molecule has 4 nitrogen and oxygen atoms in total. The first-order valence-electron chi connectivity index (χ1n) is 11.0. The van der Waals surface area contributed by atoms with Gasteiger partial charge in [-0.25, -0.2) is 9.97 Å². The second kappa shape index (κ2) is 7.27. The fourth-order valence-corrected chi connectivity index (χ4v) is 5.64. The Hall–Kier alpha value is -1.29. The number of piperidine rings is 1. The highest BCUT2D eigenvalue weighted by atomic mass is 16.1. The quantitative estimate of drug-likeness (QED) is 0.763. The Kier molecular flexibility index (Phi) is 5.13. The van der Waals surface area contributed by atoms with E-state index in [1.165, 1.54) is 44.5 Å². The van der Waals surface area contributed by atoms with Gasteiger partial charge in [0.25, 0.3) is 0 Å². The summed E-state index contributed by atoms with van der Waals surface area (Å²) in [4.78, 5) is 24.1. The third-order valence-electron chi connectivity index (χ3n) is 7.34. The molecular weight excluding hydrogens is 334 g/mol. The number of hydrogen-bond donors (Lipinski definition) is 0. The molecule has 0 unspecified atom stereocenters. The van der Waals surface area contributed by atoms with Crippen molar-refractivity contribution in [3.63, 3.8) is 0 Å². The van der Waals surface area contributed by atoms with Crippen molar-refractivity contribution in [1.29, 1.82) is 0 Å². The summed E-state index contributed by atoms with van der Waals surface area (Å²) < 4.78 is 0. The minimum Gasteiger partial charge on any atom is -0.300 e. The van der Waals surface area contributed by atoms with E-state index in [4.69, 9.17) is 4.98 Å². The first-order valence-corrected chi connectivity index (χ1v) is 11.0. The Morgan fingerprint density at radius 2 is 1.78 bits per heavy atom. The molecule has 0 N–H and O–H groups in total. The lowest BCUT2D eigenvalue weighted by Crippen LogP contribution is -2.58. The van der Waals surface area contributed by atoms with E-state index in [1.54, 1.807) is 0 Å². The molecule has 1 saturated heterocycles. The Balaban J connectivity index is 1.25. The molecule has 0 atom stereocenters. The van der Waals surface area contributed by atoms with Crippen LogP contribution in [-0.4, -0.2) is 39.8 Å². The van der Waals surface area contributed by atoms with Crippen molar-refractivity contribution in [2.45, 2.75) is 84.1 Å². The molecule has 2 heterocycles. The lowest BCUT2D eigenvalue weighted by Gasteiger charge is -2.60. The molecule has 0 radical (unpaired) electrons. The second-order valence-electron chi connectivity index (χ2n) is 10.0. The largest absolute Gasteiger partial charge is 0.300 e. The predicted molar refractivity (Wildman–Crippen MR) is 108 cm³/mol. The number of rotatable bonds is 5. The molecule has 0 amide bonds. The van der Waals surface area contributed by atoms with Gasteiger partial charge in [-0.2, -0.15) is 0 Å². The van der Waals surface area contributed by atoms with Crippen LogP contribution >= 0.6 is 0 Å². The van der Waals surface area contributed by atoms with Gasteiger partial charge in [0, 0.05) is 41.6 Å². The smallest absolute Gasteiger partial charge is 0.138 e. The summed E-state index contributed by atoms with van der Waals surface area (Å²) in [6.07, 6.45) is 9.34. The topological polar surface area (TPSA) is 46.1 Å². The van der Waals surface area contributed by atoms with Gasteiger partial charge in [-0.3, -0.25) is 4.79 Å². The molecular formula is C23H35N3O. The molecule has 148 valence electrons. The van der Waals surface area contributed by atoms with Crippen LogP contribution in [0.5, 0.6) is 0 Å². The Morgan fingerprint density at radius 3 is 2.37 bits per heavy atom. The van der Waals surface area contributed by atoms with Gasteiger partial charge in [0.15, 0.2) is 0 Å². The van der Waals surface area contributed by atoms with E-state index < -0.39 is 0 Å². The molecule has 3 aliphatic rings. The number of likely N-dealkylation sites (tertiary alicyclic amines) is 1. The number of carbonyl (C=O) groups is 1. The van der Waals surface area contributed by atoms with Gasteiger partial charge in [0.05, 0.1) is 0 Å². The van der Waals surface area contributed by atoms with Crippen molar-refractivity contribution in [2.24, 2.45) is 17.3 Å². The normalized spacial score (nSPS) is 31.9. The van der Waals surface area contributed by atoms with E-state index in [9.17, 15) is 4.79 Å². The lowest BCUT2D eigenvalue weighted by molar-refractivity contribution is -0.144. The maximum Gasteiger partial charge on any atom is 0.138 e. The van der Waals surface area contributed by atoms with Crippen molar-refractivity contribution in [3.05, 3.63) is 23.8 Å². The van der Waals surface area contributed by atoms with Crippen LogP contribution in [0.3, 0.4) is 0 Å². The fourth-order valence-electron chi connectivity index (χ4n) is 5.64. The summed E-state index contributed by atoms with van der Waals surface area (Å²) in [6, 6.07) is 2.88. The van der Waals surface area contributed by atoms with Crippen LogP contribution in [0.15, 0.2) is 12.3 Å². The summed E-state index contributed by atoms with van der Waals surface area (Å²) in [6.45, 7) is 10.8. The van der Waals surface area contributed by atoms with Crippen LogP contribution in [0.4, 0.5) is 0 Å². The maximum atomic E-state index is 12.2. The zero-order valence-electron chi connectivity index (χ0n) is 17.4. The Bertz CT molecular complexity index is 677. The van der Waals surface area contributed by atoms with Crippen molar-refractivity contribution >= 4 is 5.78 Å². The minimum absolute atomic E-state index is 0.209. The summed E-state index contributed by atoms with van der Waals surface area (Å²) in [5.41, 5.74) is 1.77. The van der Waals surface area contributed by atoms with Crippen LogP contribution in [0, 0.1) is 17.3 Å². The summed E-state index contributed by atoms with van der Waals surface area (Å²) >= 11 is 0. The number of carbonyl (C=O) groups excluding carboxylic acids is 1. The molecule has 2 aliphatic carbocycles. The van der Waals surface area contributed by atoms with E-state index in [-0.39, 0.29) is 5.92 Å². The van der Waals surface area contributed by atoms with Crippen molar-refractivity contribution in [2.75, 3.05) is 13.1 Å². The van der Waals surface area contributed by atoms with Gasteiger partial charge in [-0.05, 0) is 63.1 Å². The maximum absolute atomic E-state index is 12.2. The van der Waals surface area contributed by atoms with Gasteiger partial charge in [-0.15, -0.1) is 0 Å². The zero-order valence-corrected chi connectivity index (χ0v) is 17.4. The second-order valence-corrected chi connectivity index (χ2v) is 10.0. The van der Waals surface area contributed by atoms with Gasteiger partial charge in [0.1, 0.15) is 11.6 Å². The number of Topliss-reactive ketones (excluding diaryl/α,β-unsaturated/α-hetero) is 1. The minimum atomic E-state index is 0.209. The fraction of sp³-hybridized carbons (Fsp3) is 0.783. The molecule has 0 aromatic carbocycles. The predicted octanol–water partition coefficient (Wildman–Crippen LogP) is 4.56. The van der Waals surface area contributed by atoms with Crippen LogP contribution < -0.4 is 0 Å². The summed E-state index contributed by atoms with van der Waals surface area (Å²) in [5, 5.41) is 0. The molecule has 1 aromatic rings. The highest BCUT2D eigenvalue weighted by Gasteiger charge is 2.55. The van der Waals surface area contributed by atoms with Crippen molar-refractivity contribution in [1.82, 2.24) is 14.9 Å². The van der Waals surface area contributed by atoms with E-state index >= 15 is 0 Å². The lowest BCUT2D eigenvalue weighted by atomic mass is 9.48. The summed E-state index contributed by atoms with van der Waals surface area (Å²) in [5.74, 6) is 3.03. The molecule has 1 spiro atoms. The van der Waals surface area contributed by atoms with Crippen molar-refractivity contribution < 1.29 is 4.79 Å². The van der Waals surface area contributed by atoms with Crippen LogP contribution in [-0.2, 0) is 4.79 Å². The average Bonchev–Trinajstić information content (AvgIpc) is 2.59. The highest BCUT2D eigenvalue weighted by molar-refractivity contribution is 5.83. The monoisotopic (exact) mass is 369 g/mol. The standard InChI is InChI=1S/C23H35N3O/c1-15(2)21(27)18-11-23(12-18)13-19(14-23)26-9-6-17(7-10-26)20-5-8-24-22(25-20)16(3)4/h5,8,15-19H,6-7,9-14H2,1-4H3/t18-,19-,23?. The van der Waals surface area contributed by atoms with E-state index in [0.29, 0.717) is 29.0 Å². The SMILES string of the molecule is CC(C)c1nccc(C2CCN([C@H]3CC4(C[C@H](C(=O)C(C)C)C4)C3)CC2)n1. The van der Waals surface area contributed by atoms with E-state index in [1.807, 2.05) is 20.0 Å². The third kappa shape index (κ3) is 3.70. The molecule has 2 saturated carbocycles. The molecule has 27 heavy (non-hydrogen) atoms. The number of nitrogens with zero attached hydrogens (tertiary/aromatic N) is 3. The third-order valence-corrected chi connectivity index (χ3v) is 7.34. The molecule has 0 bridgehead atoms. The zero-order chi connectivity index (χ0) is 19.2. The number of aromatic nitrogens is 2. The van der Waals surface area contributed by atoms with Crippen LogP contribution in [0.2, 0.25) is 0 Å². The van der Waals surface area contributed by atoms with Crippen LogP contribution in [0.1, 0.15) is 89.6 Å². The number of hydrogen-bond acceptors (Lipinski definition) is 4. The first kappa shape index (κ1) is 19.0. The average molecular weight is 370 g/mol. The first-order chi connectivity index (χ1) is 12.9. The molecule has 1 aliphatic heterocycles. The Morgan fingerprint density at radius 1 is 1.11 bits per heavy atom. The molecule has 4 rings (SSSR count). The van der Waals surface area contributed by atoms with Gasteiger partial charge < -0.3 is 4.90 Å². The van der Waals surface area contributed by atoms with Gasteiger partial charge >= 0.3 is 0 Å². The molecule has 3 fully saturated rings.